The minimum absolute atomic E-state index is 0.103. The molecule has 0 spiro atoms. The Hall–Kier alpha value is -3.01. The molecule has 130 valence electrons. The highest BCUT2D eigenvalue weighted by Crippen LogP contribution is 2.25. The third kappa shape index (κ3) is 3.58. The normalized spacial score (nSPS) is 10.6. The van der Waals surface area contributed by atoms with E-state index in [4.69, 9.17) is 10.6 Å². The van der Waals surface area contributed by atoms with Crippen LogP contribution in [-0.2, 0) is 9.53 Å². The summed E-state index contributed by atoms with van der Waals surface area (Å²) < 4.78 is 11.0. The van der Waals surface area contributed by atoms with Crippen molar-refractivity contribution < 1.29 is 14.3 Å². The van der Waals surface area contributed by atoms with Crippen LogP contribution in [0.2, 0.25) is 0 Å². The third-order valence-electron chi connectivity index (χ3n) is 3.42. The van der Waals surface area contributed by atoms with Crippen molar-refractivity contribution in [1.29, 1.82) is 0 Å². The molecular formula is C15H16N6O3S. The molecule has 2 heterocycles. The average molecular weight is 360 g/mol. The van der Waals surface area contributed by atoms with Crippen LogP contribution in [0.15, 0.2) is 35.5 Å². The van der Waals surface area contributed by atoms with Crippen molar-refractivity contribution in [2.45, 2.75) is 5.16 Å². The Morgan fingerprint density at radius 1 is 1.28 bits per heavy atom. The van der Waals surface area contributed by atoms with Crippen molar-refractivity contribution in [1.82, 2.24) is 25.1 Å². The molecule has 3 N–H and O–H groups in total. The molecule has 0 aliphatic carbocycles. The lowest BCUT2D eigenvalue weighted by Crippen LogP contribution is -2.13. The van der Waals surface area contributed by atoms with Gasteiger partial charge in [-0.1, -0.05) is 11.8 Å². The molecule has 0 bridgehead atoms. The first kappa shape index (κ1) is 16.8. The number of esters is 1. The number of rotatable bonds is 6. The first-order valence-electron chi connectivity index (χ1n) is 7.22. The number of thioether (sulfide) groups is 1. The van der Waals surface area contributed by atoms with Gasteiger partial charge in [0.25, 0.3) is 0 Å². The number of hydrogen-bond acceptors (Lipinski definition) is 8. The van der Waals surface area contributed by atoms with Gasteiger partial charge in [-0.15, -0.1) is 10.2 Å². The van der Waals surface area contributed by atoms with E-state index in [1.54, 1.807) is 7.11 Å². The van der Waals surface area contributed by atoms with Crippen LogP contribution in [0.25, 0.3) is 22.8 Å². The fraction of sp³-hybridized carbons (Fsp3) is 0.200. The number of methoxy groups -OCH3 is 2. The van der Waals surface area contributed by atoms with E-state index in [0.29, 0.717) is 16.7 Å². The highest BCUT2D eigenvalue weighted by molar-refractivity contribution is 7.99. The SMILES string of the molecule is COC(=O)CSc1nnc(-c2cc(-c3ccc(OC)cc3)n[nH]2)n1N. The van der Waals surface area contributed by atoms with Gasteiger partial charge in [0.2, 0.25) is 11.0 Å². The third-order valence-corrected chi connectivity index (χ3v) is 4.33. The molecule has 3 aromatic rings. The highest BCUT2D eigenvalue weighted by atomic mass is 32.2. The first-order valence-corrected chi connectivity index (χ1v) is 8.21. The predicted octanol–water partition coefficient (Wildman–Crippen LogP) is 1.32. The Bertz CT molecular complexity index is 874. The molecule has 25 heavy (non-hydrogen) atoms. The van der Waals surface area contributed by atoms with Crippen LogP contribution < -0.4 is 10.6 Å². The average Bonchev–Trinajstić information content (AvgIpc) is 3.26. The second kappa shape index (κ2) is 7.26. The quantitative estimate of drug-likeness (QED) is 0.383. The number of benzene rings is 1. The lowest BCUT2D eigenvalue weighted by Gasteiger charge is -2.01. The van der Waals surface area contributed by atoms with Crippen LogP contribution in [0, 0.1) is 0 Å². The van der Waals surface area contributed by atoms with Gasteiger partial charge in [0.1, 0.15) is 11.4 Å². The summed E-state index contributed by atoms with van der Waals surface area (Å²) in [6.07, 6.45) is 0. The topological polar surface area (TPSA) is 121 Å². The summed E-state index contributed by atoms with van der Waals surface area (Å²) in [6.45, 7) is 0. The maximum Gasteiger partial charge on any atom is 0.316 e. The van der Waals surface area contributed by atoms with Crippen molar-refractivity contribution in [3.05, 3.63) is 30.3 Å². The van der Waals surface area contributed by atoms with E-state index in [1.807, 2.05) is 30.3 Å². The Labute approximate surface area is 147 Å². The van der Waals surface area contributed by atoms with Gasteiger partial charge in [0.05, 0.1) is 25.7 Å². The van der Waals surface area contributed by atoms with E-state index < -0.39 is 0 Å². The zero-order chi connectivity index (χ0) is 17.8. The summed E-state index contributed by atoms with van der Waals surface area (Å²) in [5, 5.41) is 15.6. The number of nitrogen functional groups attached to an aromatic ring is 1. The Kier molecular flexibility index (Phi) is 4.89. The number of nitrogens with zero attached hydrogens (tertiary/aromatic N) is 4. The molecule has 0 unspecified atom stereocenters. The molecule has 0 aliphatic rings. The van der Waals surface area contributed by atoms with E-state index in [9.17, 15) is 4.79 Å². The molecule has 0 fully saturated rings. The van der Waals surface area contributed by atoms with Crippen LogP contribution in [0.4, 0.5) is 0 Å². The Morgan fingerprint density at radius 2 is 2.04 bits per heavy atom. The number of aromatic amines is 1. The monoisotopic (exact) mass is 360 g/mol. The fourth-order valence-electron chi connectivity index (χ4n) is 2.09. The molecule has 9 nitrogen and oxygen atoms in total. The van der Waals surface area contributed by atoms with Crippen LogP contribution >= 0.6 is 11.8 Å². The van der Waals surface area contributed by atoms with Gasteiger partial charge in [-0.25, -0.2) is 4.68 Å². The number of nitrogens with two attached hydrogens (primary N) is 1. The highest BCUT2D eigenvalue weighted by Gasteiger charge is 2.16. The molecule has 0 saturated carbocycles. The number of carbonyl (C=O) groups excluding carboxylic acids is 1. The van der Waals surface area contributed by atoms with Gasteiger partial charge in [0.15, 0.2) is 0 Å². The largest absolute Gasteiger partial charge is 0.497 e. The molecule has 0 aliphatic heterocycles. The minimum atomic E-state index is -0.363. The summed E-state index contributed by atoms with van der Waals surface area (Å²) in [5.41, 5.74) is 2.28. The fourth-order valence-corrected chi connectivity index (χ4v) is 2.78. The molecule has 1 aromatic carbocycles. The van der Waals surface area contributed by atoms with Crippen molar-refractivity contribution in [2.24, 2.45) is 0 Å². The number of nitrogens with one attached hydrogen (secondary N) is 1. The molecule has 0 amide bonds. The lowest BCUT2D eigenvalue weighted by molar-refractivity contribution is -0.137. The van der Waals surface area contributed by atoms with E-state index >= 15 is 0 Å². The van der Waals surface area contributed by atoms with Gasteiger partial charge < -0.3 is 15.3 Å². The summed E-state index contributed by atoms with van der Waals surface area (Å²) in [4.78, 5) is 11.2. The van der Waals surface area contributed by atoms with Crippen molar-refractivity contribution in [2.75, 3.05) is 25.8 Å². The first-order chi connectivity index (χ1) is 12.1. The van der Waals surface area contributed by atoms with E-state index in [2.05, 4.69) is 25.1 Å². The molecule has 0 radical (unpaired) electrons. The van der Waals surface area contributed by atoms with Crippen LogP contribution in [-0.4, -0.2) is 51.0 Å². The lowest BCUT2D eigenvalue weighted by atomic mass is 10.1. The maximum absolute atomic E-state index is 11.2. The van der Waals surface area contributed by atoms with Crippen LogP contribution in [0.3, 0.4) is 0 Å². The number of ether oxygens (including phenoxy) is 2. The molecule has 0 atom stereocenters. The zero-order valence-corrected chi connectivity index (χ0v) is 14.4. The number of hydrogen-bond donors (Lipinski definition) is 2. The van der Waals surface area contributed by atoms with E-state index in [1.165, 1.54) is 11.8 Å². The van der Waals surface area contributed by atoms with Gasteiger partial charge in [-0.2, -0.15) is 5.10 Å². The molecule has 2 aromatic heterocycles. The summed E-state index contributed by atoms with van der Waals surface area (Å²) in [5.74, 6) is 6.93. The number of aromatic nitrogens is 5. The molecule has 3 rings (SSSR count). The van der Waals surface area contributed by atoms with Crippen LogP contribution in [0.1, 0.15) is 0 Å². The van der Waals surface area contributed by atoms with Gasteiger partial charge in [0, 0.05) is 5.56 Å². The van der Waals surface area contributed by atoms with Crippen molar-refractivity contribution in [3.8, 4) is 28.5 Å². The standard InChI is InChI=1S/C15H16N6O3S/c1-23-10-5-3-9(4-6-10)11-7-12(18-17-11)14-19-20-15(21(14)16)25-8-13(22)24-2/h3-7H,8,16H2,1-2H3,(H,17,18). The Morgan fingerprint density at radius 3 is 2.72 bits per heavy atom. The zero-order valence-electron chi connectivity index (χ0n) is 13.6. The number of H-pyrrole nitrogens is 1. The van der Waals surface area contributed by atoms with E-state index in [0.717, 1.165) is 28.8 Å². The number of carbonyl (C=O) groups is 1. The summed E-state index contributed by atoms with van der Waals surface area (Å²) in [6, 6.07) is 9.35. The van der Waals surface area contributed by atoms with Gasteiger partial charge in [-0.3, -0.25) is 9.89 Å². The minimum Gasteiger partial charge on any atom is -0.497 e. The smallest absolute Gasteiger partial charge is 0.316 e. The van der Waals surface area contributed by atoms with E-state index in [-0.39, 0.29) is 11.7 Å². The maximum atomic E-state index is 11.2. The second-order valence-electron chi connectivity index (χ2n) is 4.94. The van der Waals surface area contributed by atoms with Gasteiger partial charge in [-0.05, 0) is 30.3 Å². The van der Waals surface area contributed by atoms with Crippen LogP contribution in [0.5, 0.6) is 5.75 Å². The summed E-state index contributed by atoms with van der Waals surface area (Å²) >= 11 is 1.14. The van der Waals surface area contributed by atoms with Crippen molar-refractivity contribution in [3.63, 3.8) is 0 Å². The molecule has 0 saturated heterocycles. The van der Waals surface area contributed by atoms with Crippen molar-refractivity contribution >= 4 is 17.7 Å². The second-order valence-corrected chi connectivity index (χ2v) is 5.88. The Balaban J connectivity index is 1.80. The van der Waals surface area contributed by atoms with Gasteiger partial charge >= 0.3 is 5.97 Å². The summed E-state index contributed by atoms with van der Waals surface area (Å²) in [7, 11) is 2.94. The molecular weight excluding hydrogens is 344 g/mol. The molecule has 10 heteroatoms. The predicted molar refractivity (Wildman–Crippen MR) is 92.5 cm³/mol.